The van der Waals surface area contributed by atoms with Gasteiger partial charge in [-0.2, -0.15) is 0 Å². The summed E-state index contributed by atoms with van der Waals surface area (Å²) in [6.45, 7) is 9.91. The Labute approximate surface area is 197 Å². The lowest BCUT2D eigenvalue weighted by Gasteiger charge is -2.47. The largest absolute Gasteiger partial charge is 0.366 e. The number of halogens is 2. The van der Waals surface area contributed by atoms with Crippen LogP contribution in [0, 0.1) is 0 Å². The molecule has 2 heterocycles. The normalized spacial score (nSPS) is 22.7. The second-order valence-electron chi connectivity index (χ2n) is 8.55. The van der Waals surface area contributed by atoms with Crippen LogP contribution in [0.5, 0.6) is 0 Å². The predicted octanol–water partition coefficient (Wildman–Crippen LogP) is 7.00. The molecular weight excluding hydrogens is 449 g/mol. The molecule has 1 unspecified atom stereocenters. The van der Waals surface area contributed by atoms with Crippen LogP contribution in [0.4, 0.5) is 11.4 Å². The quantitative estimate of drug-likeness (QED) is 0.488. The molecule has 1 N–H and O–H groups in total. The maximum atomic E-state index is 12.5. The zero-order valence-corrected chi connectivity index (χ0v) is 20.3. The second kappa shape index (κ2) is 8.53. The van der Waals surface area contributed by atoms with Gasteiger partial charge < -0.3 is 10.2 Å². The molecule has 2 aromatic rings. The zero-order chi connectivity index (χ0) is 22.3. The standard InChI is InChI=1S/C24H25Cl2N3OS/c1-5-29-20-12-19(26)15(10-18(20)14(2)13-24(29,3)4)11-21-22(30)28-23(31-21)27-17-8-6-16(25)7-9-17/h6-12,14H,5,13H2,1-4H3,(H,27,28,30)/b21-11+. The molecule has 2 aliphatic heterocycles. The van der Waals surface area contributed by atoms with Crippen LogP contribution in [-0.4, -0.2) is 23.2 Å². The number of thioether (sulfide) groups is 1. The van der Waals surface area contributed by atoms with Crippen molar-refractivity contribution in [1.29, 1.82) is 0 Å². The molecule has 0 aromatic heterocycles. The molecular formula is C24H25Cl2N3OS. The van der Waals surface area contributed by atoms with Crippen LogP contribution < -0.4 is 10.2 Å². The number of anilines is 1. The van der Waals surface area contributed by atoms with Gasteiger partial charge >= 0.3 is 0 Å². The number of aliphatic imine (C=N–C) groups is 1. The molecule has 4 rings (SSSR count). The Morgan fingerprint density at radius 1 is 1.26 bits per heavy atom. The third-order valence-corrected chi connectivity index (χ3v) is 7.30. The molecule has 1 atom stereocenters. The van der Waals surface area contributed by atoms with E-state index in [1.54, 1.807) is 12.1 Å². The highest BCUT2D eigenvalue weighted by atomic mass is 35.5. The van der Waals surface area contributed by atoms with E-state index >= 15 is 0 Å². The van der Waals surface area contributed by atoms with Gasteiger partial charge in [0, 0.05) is 27.8 Å². The van der Waals surface area contributed by atoms with E-state index in [-0.39, 0.29) is 11.4 Å². The van der Waals surface area contributed by atoms with Crippen LogP contribution in [0.15, 0.2) is 46.3 Å². The number of nitrogens with one attached hydrogen (secondary N) is 1. The Morgan fingerprint density at radius 3 is 2.65 bits per heavy atom. The van der Waals surface area contributed by atoms with Crippen molar-refractivity contribution in [3.63, 3.8) is 0 Å². The summed E-state index contributed by atoms with van der Waals surface area (Å²) in [6.07, 6.45) is 2.92. The smallest absolute Gasteiger partial charge is 0.264 e. The number of amidine groups is 1. The van der Waals surface area contributed by atoms with E-state index in [4.69, 9.17) is 23.2 Å². The minimum atomic E-state index is -0.170. The number of hydrogen-bond donors (Lipinski definition) is 1. The van der Waals surface area contributed by atoms with Crippen molar-refractivity contribution < 1.29 is 4.79 Å². The van der Waals surface area contributed by atoms with Crippen molar-refractivity contribution in [2.75, 3.05) is 11.4 Å². The molecule has 0 spiro atoms. The molecule has 7 heteroatoms. The van der Waals surface area contributed by atoms with Crippen molar-refractivity contribution in [2.24, 2.45) is 4.99 Å². The maximum absolute atomic E-state index is 12.5. The molecule has 31 heavy (non-hydrogen) atoms. The first-order valence-electron chi connectivity index (χ1n) is 10.3. The topological polar surface area (TPSA) is 44.7 Å². The summed E-state index contributed by atoms with van der Waals surface area (Å²) in [4.78, 5) is 20.0. The number of amides is 1. The van der Waals surface area contributed by atoms with Gasteiger partial charge in [0.05, 0.1) is 10.6 Å². The third-order valence-electron chi connectivity index (χ3n) is 5.82. The Morgan fingerprint density at radius 2 is 1.97 bits per heavy atom. The second-order valence-corrected chi connectivity index (χ2v) is 10.4. The number of benzene rings is 2. The van der Waals surface area contributed by atoms with Gasteiger partial charge in [-0.3, -0.25) is 4.79 Å². The zero-order valence-electron chi connectivity index (χ0n) is 18.0. The van der Waals surface area contributed by atoms with E-state index < -0.39 is 0 Å². The fraction of sp³-hybridized carbons (Fsp3) is 0.333. The molecule has 1 fully saturated rings. The summed E-state index contributed by atoms with van der Waals surface area (Å²) in [5.41, 5.74) is 4.13. The highest BCUT2D eigenvalue weighted by Gasteiger charge is 2.36. The van der Waals surface area contributed by atoms with E-state index in [9.17, 15) is 4.79 Å². The molecule has 4 nitrogen and oxygen atoms in total. The minimum Gasteiger partial charge on any atom is -0.366 e. The number of fused-ring (bicyclic) bond motifs is 1. The summed E-state index contributed by atoms with van der Waals surface area (Å²) < 4.78 is 0. The van der Waals surface area contributed by atoms with Gasteiger partial charge in [0.1, 0.15) is 0 Å². The highest BCUT2D eigenvalue weighted by molar-refractivity contribution is 8.18. The van der Waals surface area contributed by atoms with E-state index in [1.165, 1.54) is 23.0 Å². The van der Waals surface area contributed by atoms with E-state index in [0.29, 0.717) is 26.0 Å². The van der Waals surface area contributed by atoms with Crippen LogP contribution in [0.3, 0.4) is 0 Å². The Bertz CT molecular complexity index is 1090. The first-order chi connectivity index (χ1) is 14.7. The van der Waals surface area contributed by atoms with Crippen molar-refractivity contribution in [1.82, 2.24) is 5.32 Å². The van der Waals surface area contributed by atoms with Crippen LogP contribution in [0.25, 0.3) is 6.08 Å². The van der Waals surface area contributed by atoms with Crippen molar-refractivity contribution >= 4 is 63.5 Å². The van der Waals surface area contributed by atoms with Crippen LogP contribution in [0.2, 0.25) is 10.0 Å². The number of rotatable bonds is 3. The lowest BCUT2D eigenvalue weighted by Crippen LogP contribution is -2.48. The molecule has 0 radical (unpaired) electrons. The molecule has 1 amide bonds. The summed E-state index contributed by atoms with van der Waals surface area (Å²) >= 11 is 13.9. The summed E-state index contributed by atoms with van der Waals surface area (Å²) in [5.74, 6) is 0.241. The molecule has 0 saturated carbocycles. The van der Waals surface area contributed by atoms with Gasteiger partial charge in [-0.15, -0.1) is 0 Å². The first kappa shape index (κ1) is 22.3. The average molecular weight is 474 g/mol. The van der Waals surface area contributed by atoms with Gasteiger partial charge in [-0.05, 0) is 98.5 Å². The Balaban J connectivity index is 1.66. The Kier molecular flexibility index (Phi) is 6.12. The average Bonchev–Trinajstić information content (AvgIpc) is 3.03. The summed E-state index contributed by atoms with van der Waals surface area (Å²) in [7, 11) is 0. The fourth-order valence-corrected chi connectivity index (χ4v) is 5.66. The predicted molar refractivity (Wildman–Crippen MR) is 134 cm³/mol. The number of carbonyl (C=O) groups is 1. The number of nitrogens with zero attached hydrogens (tertiary/aromatic N) is 2. The monoisotopic (exact) mass is 473 g/mol. The van der Waals surface area contributed by atoms with Crippen molar-refractivity contribution in [3.05, 3.63) is 62.5 Å². The summed E-state index contributed by atoms with van der Waals surface area (Å²) in [6, 6.07) is 11.3. The van der Waals surface area contributed by atoms with Crippen molar-refractivity contribution in [3.8, 4) is 0 Å². The lowest BCUT2D eigenvalue weighted by atomic mass is 9.79. The highest BCUT2D eigenvalue weighted by Crippen LogP contribution is 2.45. The molecule has 162 valence electrons. The molecule has 0 aliphatic carbocycles. The van der Waals surface area contributed by atoms with Gasteiger partial charge in [-0.25, -0.2) is 4.99 Å². The van der Waals surface area contributed by atoms with Crippen LogP contribution in [-0.2, 0) is 4.79 Å². The first-order valence-corrected chi connectivity index (χ1v) is 11.9. The molecule has 2 aliphatic rings. The minimum absolute atomic E-state index is 0.0820. The van der Waals surface area contributed by atoms with Crippen molar-refractivity contribution in [2.45, 2.75) is 45.6 Å². The van der Waals surface area contributed by atoms with Gasteiger partial charge in [0.15, 0.2) is 5.17 Å². The fourth-order valence-electron chi connectivity index (χ4n) is 4.48. The van der Waals surface area contributed by atoms with Gasteiger partial charge in [0.2, 0.25) is 0 Å². The van der Waals surface area contributed by atoms with Crippen LogP contribution >= 0.6 is 35.0 Å². The third kappa shape index (κ3) is 4.50. The maximum Gasteiger partial charge on any atom is 0.264 e. The SMILES string of the molecule is CCN1c2cc(Cl)c(/C=C3/SC(=Nc4ccc(Cl)cc4)NC3=O)cc2C(C)CC1(C)C. The summed E-state index contributed by atoms with van der Waals surface area (Å²) in [5, 5.41) is 4.66. The van der Waals surface area contributed by atoms with E-state index in [0.717, 1.165) is 24.2 Å². The molecule has 0 bridgehead atoms. The lowest BCUT2D eigenvalue weighted by molar-refractivity contribution is -0.115. The van der Waals surface area contributed by atoms with Crippen LogP contribution in [0.1, 0.15) is 51.2 Å². The Hall–Kier alpha value is -1.95. The van der Waals surface area contributed by atoms with E-state index in [1.807, 2.05) is 24.3 Å². The number of hydrogen-bond acceptors (Lipinski definition) is 4. The molecule has 2 aromatic carbocycles. The van der Waals surface area contributed by atoms with Gasteiger partial charge in [-0.1, -0.05) is 30.1 Å². The number of carbonyl (C=O) groups excluding carboxylic acids is 1. The molecule has 1 saturated heterocycles. The van der Waals surface area contributed by atoms with E-state index in [2.05, 4.69) is 49.0 Å². The van der Waals surface area contributed by atoms with Gasteiger partial charge in [0.25, 0.3) is 5.91 Å².